The largest absolute Gasteiger partial charge is 0.365 e. The molecule has 3 nitrogen and oxygen atoms in total. The zero-order valence-electron chi connectivity index (χ0n) is 9.81. The molecule has 1 aromatic carbocycles. The fourth-order valence-electron chi connectivity index (χ4n) is 1.50. The van der Waals surface area contributed by atoms with Crippen molar-refractivity contribution in [2.24, 2.45) is 0 Å². The molecule has 0 aliphatic heterocycles. The van der Waals surface area contributed by atoms with Gasteiger partial charge in [-0.3, -0.25) is 0 Å². The lowest BCUT2D eigenvalue weighted by molar-refractivity contribution is 0.155. The van der Waals surface area contributed by atoms with E-state index in [4.69, 9.17) is 11.6 Å². The molecule has 0 aliphatic rings. The number of rotatable bonds is 6. The van der Waals surface area contributed by atoms with E-state index < -0.39 is 22.8 Å². The van der Waals surface area contributed by atoms with Crippen LogP contribution in [-0.2, 0) is 9.84 Å². The summed E-state index contributed by atoms with van der Waals surface area (Å²) in [5, 5.41) is 0. The van der Waals surface area contributed by atoms with Gasteiger partial charge in [-0.05, 0) is 24.3 Å². The van der Waals surface area contributed by atoms with E-state index in [2.05, 4.69) is 0 Å². The van der Waals surface area contributed by atoms with Gasteiger partial charge < -0.3 is 4.90 Å². The van der Waals surface area contributed by atoms with Crippen LogP contribution in [0.2, 0.25) is 0 Å². The van der Waals surface area contributed by atoms with Crippen molar-refractivity contribution in [1.29, 1.82) is 0 Å². The van der Waals surface area contributed by atoms with Crippen molar-refractivity contribution in [3.63, 3.8) is 0 Å². The number of hydrogen-bond donors (Lipinski definition) is 0. The molecule has 0 amide bonds. The van der Waals surface area contributed by atoms with E-state index in [1.54, 1.807) is 0 Å². The number of alkyl halides is 3. The maximum absolute atomic E-state index is 12.4. The average Bonchev–Trinajstić information content (AvgIpc) is 2.27. The lowest BCUT2D eigenvalue weighted by Crippen LogP contribution is -2.30. The van der Waals surface area contributed by atoms with Crippen LogP contribution in [0.3, 0.4) is 0 Å². The van der Waals surface area contributed by atoms with Gasteiger partial charge in [0, 0.05) is 24.4 Å². The van der Waals surface area contributed by atoms with Gasteiger partial charge in [-0.25, -0.2) is 17.2 Å². The molecule has 0 N–H and O–H groups in total. The van der Waals surface area contributed by atoms with Crippen LogP contribution in [0.25, 0.3) is 0 Å². The third-order valence-corrected chi connectivity index (χ3v) is 3.64. The summed E-state index contributed by atoms with van der Waals surface area (Å²) < 4.78 is 47.3. The monoisotopic (exact) mass is 297 g/mol. The van der Waals surface area contributed by atoms with Crippen molar-refractivity contribution in [1.82, 2.24) is 0 Å². The molecule has 0 saturated heterocycles. The second-order valence-electron chi connectivity index (χ2n) is 3.79. The van der Waals surface area contributed by atoms with Crippen molar-refractivity contribution in [3.8, 4) is 0 Å². The number of sulfone groups is 1. The zero-order valence-corrected chi connectivity index (χ0v) is 11.4. The van der Waals surface area contributed by atoms with E-state index in [0.717, 1.165) is 6.26 Å². The van der Waals surface area contributed by atoms with Gasteiger partial charge in [0.1, 0.15) is 0 Å². The van der Waals surface area contributed by atoms with Crippen molar-refractivity contribution >= 4 is 27.1 Å². The fraction of sp³-hybridized carbons (Fsp3) is 0.455. The minimum Gasteiger partial charge on any atom is -0.365 e. The molecular formula is C11H14ClF2NO2S. The highest BCUT2D eigenvalue weighted by Gasteiger charge is 2.13. The topological polar surface area (TPSA) is 37.4 Å². The number of halogens is 3. The summed E-state index contributed by atoms with van der Waals surface area (Å²) in [4.78, 5) is 1.58. The molecule has 0 fully saturated rings. The molecule has 0 heterocycles. The maximum atomic E-state index is 12.4. The molecule has 18 heavy (non-hydrogen) atoms. The zero-order chi connectivity index (χ0) is 13.8. The van der Waals surface area contributed by atoms with E-state index in [1.807, 2.05) is 0 Å². The lowest BCUT2D eigenvalue weighted by atomic mass is 10.3. The molecule has 1 rings (SSSR count). The minimum atomic E-state index is -3.27. The van der Waals surface area contributed by atoms with Crippen LogP contribution in [-0.4, -0.2) is 40.1 Å². The third-order valence-electron chi connectivity index (χ3n) is 2.34. The summed E-state index contributed by atoms with van der Waals surface area (Å²) in [5.41, 5.74) is 0.531. The Bertz CT molecular complexity index is 476. The summed E-state index contributed by atoms with van der Waals surface area (Å²) in [6.45, 7) is -0.144. The smallest absolute Gasteiger partial charge is 0.255 e. The Labute approximate surface area is 110 Å². The summed E-state index contributed by atoms with van der Waals surface area (Å²) in [7, 11) is -3.27. The highest BCUT2D eigenvalue weighted by Crippen LogP contribution is 2.19. The van der Waals surface area contributed by atoms with Crippen LogP contribution in [0.5, 0.6) is 0 Å². The van der Waals surface area contributed by atoms with Gasteiger partial charge in [0.2, 0.25) is 0 Å². The van der Waals surface area contributed by atoms with Crippen molar-refractivity contribution in [2.75, 3.05) is 30.1 Å². The number of hydrogen-bond acceptors (Lipinski definition) is 3. The molecule has 102 valence electrons. The van der Waals surface area contributed by atoms with Crippen LogP contribution in [0.4, 0.5) is 14.5 Å². The molecule has 0 aliphatic carbocycles. The van der Waals surface area contributed by atoms with Crippen LogP contribution < -0.4 is 4.90 Å². The van der Waals surface area contributed by atoms with Gasteiger partial charge in [0.25, 0.3) is 6.43 Å². The molecule has 0 saturated carbocycles. The fourth-order valence-corrected chi connectivity index (χ4v) is 2.33. The second kappa shape index (κ2) is 6.33. The second-order valence-corrected chi connectivity index (χ2v) is 6.19. The predicted molar refractivity (Wildman–Crippen MR) is 68.5 cm³/mol. The van der Waals surface area contributed by atoms with Gasteiger partial charge in [-0.2, -0.15) is 0 Å². The first kappa shape index (κ1) is 15.2. The van der Waals surface area contributed by atoms with Crippen molar-refractivity contribution in [2.45, 2.75) is 11.3 Å². The Kier molecular flexibility index (Phi) is 5.34. The number of anilines is 1. The van der Waals surface area contributed by atoms with Gasteiger partial charge in [0.05, 0.1) is 11.4 Å². The molecule has 0 aromatic heterocycles. The van der Waals surface area contributed by atoms with E-state index >= 15 is 0 Å². The first-order valence-electron chi connectivity index (χ1n) is 5.24. The first-order valence-corrected chi connectivity index (χ1v) is 7.66. The predicted octanol–water partition coefficient (Wildman–Crippen LogP) is 2.40. The Balaban J connectivity index is 2.93. The number of nitrogens with zero attached hydrogens (tertiary/aromatic N) is 1. The van der Waals surface area contributed by atoms with E-state index in [0.29, 0.717) is 5.69 Å². The quantitative estimate of drug-likeness (QED) is 0.757. The Morgan fingerprint density at radius 1 is 1.28 bits per heavy atom. The van der Waals surface area contributed by atoms with Gasteiger partial charge in [-0.15, -0.1) is 11.6 Å². The van der Waals surface area contributed by atoms with Crippen LogP contribution in [0.15, 0.2) is 29.2 Å². The van der Waals surface area contributed by atoms with Crippen LogP contribution in [0.1, 0.15) is 0 Å². The van der Waals surface area contributed by atoms with Gasteiger partial charge >= 0.3 is 0 Å². The van der Waals surface area contributed by atoms with Gasteiger partial charge in [0.15, 0.2) is 9.84 Å². The first-order chi connectivity index (χ1) is 8.34. The molecular weight excluding hydrogens is 284 g/mol. The molecule has 7 heteroatoms. The molecule has 0 radical (unpaired) electrons. The van der Waals surface area contributed by atoms with E-state index in [1.165, 1.54) is 29.2 Å². The Hall–Kier alpha value is -0.880. The summed E-state index contributed by atoms with van der Waals surface area (Å²) in [5.74, 6) is 0.223. The average molecular weight is 298 g/mol. The Morgan fingerprint density at radius 2 is 1.83 bits per heavy atom. The molecule has 0 spiro atoms. The number of benzene rings is 1. The standard InChI is InChI=1S/C11H14ClF2NO2S/c1-18(16,17)10-4-2-9(3-5-10)15(7-6-12)8-11(13)14/h2-5,11H,6-8H2,1H3. The highest BCUT2D eigenvalue weighted by atomic mass is 35.5. The summed E-state index contributed by atoms with van der Waals surface area (Å²) in [6, 6.07) is 5.81. The lowest BCUT2D eigenvalue weighted by Gasteiger charge is -2.23. The Morgan fingerprint density at radius 3 is 2.22 bits per heavy atom. The molecule has 0 bridgehead atoms. The van der Waals surface area contributed by atoms with Crippen LogP contribution >= 0.6 is 11.6 Å². The normalized spacial score (nSPS) is 11.8. The van der Waals surface area contributed by atoms with E-state index in [9.17, 15) is 17.2 Å². The summed E-state index contributed by atoms with van der Waals surface area (Å²) in [6.07, 6.45) is -1.37. The molecule has 1 aromatic rings. The maximum Gasteiger partial charge on any atom is 0.255 e. The van der Waals surface area contributed by atoms with Gasteiger partial charge in [-0.1, -0.05) is 0 Å². The highest BCUT2D eigenvalue weighted by molar-refractivity contribution is 7.90. The minimum absolute atomic E-state index is 0.161. The SMILES string of the molecule is CS(=O)(=O)c1ccc(N(CCCl)CC(F)F)cc1. The van der Waals surface area contributed by atoms with Crippen LogP contribution in [0, 0.1) is 0 Å². The van der Waals surface area contributed by atoms with E-state index in [-0.39, 0.29) is 17.3 Å². The molecule has 0 atom stereocenters. The van der Waals surface area contributed by atoms with Crippen molar-refractivity contribution in [3.05, 3.63) is 24.3 Å². The third kappa shape index (κ3) is 4.42. The molecule has 0 unspecified atom stereocenters. The van der Waals surface area contributed by atoms with Crippen molar-refractivity contribution < 1.29 is 17.2 Å². The summed E-state index contributed by atoms with van der Waals surface area (Å²) >= 11 is 5.55.